The molecule has 1 aliphatic rings. The van der Waals surface area contributed by atoms with Crippen molar-refractivity contribution in [2.24, 2.45) is 5.92 Å². The van der Waals surface area contributed by atoms with Gasteiger partial charge in [0.25, 0.3) is 0 Å². The average molecular weight is 403 g/mol. The number of ketones is 1. The van der Waals surface area contributed by atoms with Gasteiger partial charge in [-0.05, 0) is 75.7 Å². The fourth-order valence-corrected chi connectivity index (χ4v) is 4.62. The van der Waals surface area contributed by atoms with Crippen LogP contribution in [0, 0.1) is 5.92 Å². The van der Waals surface area contributed by atoms with Crippen molar-refractivity contribution in [1.29, 1.82) is 0 Å². The molecular formula is C30H26O. The Labute approximate surface area is 183 Å². The van der Waals surface area contributed by atoms with Crippen LogP contribution in [0.5, 0.6) is 0 Å². The highest BCUT2D eigenvalue weighted by atomic mass is 16.1. The lowest BCUT2D eigenvalue weighted by atomic mass is 9.78. The smallest absolute Gasteiger partial charge is 0.185 e. The number of carbonyl (C=O) groups excluding carboxylic acids is 1. The van der Waals surface area contributed by atoms with Crippen LogP contribution in [-0.2, 0) is 4.79 Å². The maximum atomic E-state index is 13.4. The van der Waals surface area contributed by atoms with Gasteiger partial charge in [-0.2, -0.15) is 0 Å². The molecule has 5 rings (SSSR count). The lowest BCUT2D eigenvalue weighted by Gasteiger charge is -2.25. The summed E-state index contributed by atoms with van der Waals surface area (Å²) < 4.78 is 0. The summed E-state index contributed by atoms with van der Waals surface area (Å²) in [6, 6.07) is 29.6. The van der Waals surface area contributed by atoms with Gasteiger partial charge >= 0.3 is 0 Å². The number of fused-ring (bicyclic) bond motifs is 2. The van der Waals surface area contributed by atoms with Gasteiger partial charge in [0.15, 0.2) is 5.78 Å². The minimum absolute atomic E-state index is 0.200. The molecule has 0 radical (unpaired) electrons. The standard InChI is InChI=1S/C30H26O/c1-2-21-15-28(19-22-11-13-24-7-3-5-9-26(24)17-22)30(31)29(16-21)20-23-12-14-25-8-4-6-10-27(25)18-23/h3-14,17-21H,2,15-16H2,1H3/b28-19+,29-20+. The van der Waals surface area contributed by atoms with E-state index in [1.165, 1.54) is 21.5 Å². The number of hydrogen-bond acceptors (Lipinski definition) is 1. The molecule has 152 valence electrons. The topological polar surface area (TPSA) is 17.1 Å². The second kappa shape index (κ2) is 8.35. The average Bonchev–Trinajstić information content (AvgIpc) is 2.81. The Morgan fingerprint density at radius 2 is 1.13 bits per heavy atom. The van der Waals surface area contributed by atoms with Gasteiger partial charge in [-0.3, -0.25) is 4.79 Å². The zero-order chi connectivity index (χ0) is 21.2. The summed E-state index contributed by atoms with van der Waals surface area (Å²) in [6.07, 6.45) is 7.00. The van der Waals surface area contributed by atoms with E-state index in [0.29, 0.717) is 5.92 Å². The molecule has 0 atom stereocenters. The molecule has 0 unspecified atom stereocenters. The zero-order valence-electron chi connectivity index (χ0n) is 17.8. The van der Waals surface area contributed by atoms with E-state index >= 15 is 0 Å². The predicted molar refractivity (Wildman–Crippen MR) is 132 cm³/mol. The van der Waals surface area contributed by atoms with E-state index in [1.807, 2.05) is 0 Å². The molecule has 1 aliphatic carbocycles. The molecule has 0 bridgehead atoms. The molecular weight excluding hydrogens is 376 g/mol. The second-order valence-electron chi connectivity index (χ2n) is 8.56. The minimum atomic E-state index is 0.200. The highest BCUT2D eigenvalue weighted by Crippen LogP contribution is 2.34. The van der Waals surface area contributed by atoms with Crippen molar-refractivity contribution in [2.45, 2.75) is 26.2 Å². The summed E-state index contributed by atoms with van der Waals surface area (Å²) in [5, 5.41) is 4.86. The number of carbonyl (C=O) groups is 1. The fourth-order valence-electron chi connectivity index (χ4n) is 4.62. The van der Waals surface area contributed by atoms with Gasteiger partial charge in [-0.1, -0.05) is 86.1 Å². The highest BCUT2D eigenvalue weighted by molar-refractivity contribution is 6.14. The quantitative estimate of drug-likeness (QED) is 0.319. The van der Waals surface area contributed by atoms with Crippen LogP contribution in [0.15, 0.2) is 96.1 Å². The third-order valence-electron chi connectivity index (χ3n) is 6.41. The van der Waals surface area contributed by atoms with E-state index in [0.717, 1.165) is 41.5 Å². The van der Waals surface area contributed by atoms with Crippen LogP contribution in [0.25, 0.3) is 33.7 Å². The number of allylic oxidation sites excluding steroid dienone is 2. The van der Waals surface area contributed by atoms with E-state index in [4.69, 9.17) is 0 Å². The molecule has 0 N–H and O–H groups in total. The number of hydrogen-bond donors (Lipinski definition) is 0. The van der Waals surface area contributed by atoms with Crippen molar-refractivity contribution in [3.05, 3.63) is 107 Å². The van der Waals surface area contributed by atoms with Gasteiger partial charge in [0.2, 0.25) is 0 Å². The van der Waals surface area contributed by atoms with Crippen molar-refractivity contribution >= 4 is 39.5 Å². The van der Waals surface area contributed by atoms with Crippen LogP contribution in [0.4, 0.5) is 0 Å². The molecule has 0 aromatic heterocycles. The largest absolute Gasteiger partial charge is 0.289 e. The predicted octanol–water partition coefficient (Wildman–Crippen LogP) is 7.85. The van der Waals surface area contributed by atoms with E-state index < -0.39 is 0 Å². The van der Waals surface area contributed by atoms with Crippen molar-refractivity contribution in [1.82, 2.24) is 0 Å². The normalized spacial score (nSPS) is 19.5. The Bertz CT molecular complexity index is 1240. The SMILES string of the molecule is CCC1C/C(=C\c2ccc3ccccc3c2)C(=O)/C(=C/c2ccc3ccccc3c2)C1. The Balaban J connectivity index is 1.51. The summed E-state index contributed by atoms with van der Waals surface area (Å²) in [7, 11) is 0. The molecule has 4 aromatic rings. The van der Waals surface area contributed by atoms with E-state index in [1.54, 1.807) is 0 Å². The van der Waals surface area contributed by atoms with Gasteiger partial charge in [0.1, 0.15) is 0 Å². The second-order valence-corrected chi connectivity index (χ2v) is 8.56. The molecule has 1 heteroatoms. The van der Waals surface area contributed by atoms with Gasteiger partial charge in [0, 0.05) is 11.1 Å². The van der Waals surface area contributed by atoms with E-state index in [9.17, 15) is 4.79 Å². The van der Waals surface area contributed by atoms with E-state index in [2.05, 4.69) is 104 Å². The first-order valence-corrected chi connectivity index (χ1v) is 11.1. The Kier molecular flexibility index (Phi) is 5.26. The van der Waals surface area contributed by atoms with Crippen molar-refractivity contribution < 1.29 is 4.79 Å². The van der Waals surface area contributed by atoms with Crippen LogP contribution in [0.1, 0.15) is 37.3 Å². The molecule has 0 aliphatic heterocycles. The van der Waals surface area contributed by atoms with Crippen LogP contribution in [0.2, 0.25) is 0 Å². The minimum Gasteiger partial charge on any atom is -0.289 e. The molecule has 0 heterocycles. The third kappa shape index (κ3) is 4.09. The van der Waals surface area contributed by atoms with Crippen molar-refractivity contribution in [3.63, 3.8) is 0 Å². The van der Waals surface area contributed by atoms with Crippen molar-refractivity contribution in [2.75, 3.05) is 0 Å². The molecule has 1 saturated carbocycles. The first-order valence-electron chi connectivity index (χ1n) is 11.1. The van der Waals surface area contributed by atoms with Gasteiger partial charge < -0.3 is 0 Å². The van der Waals surface area contributed by atoms with E-state index in [-0.39, 0.29) is 5.78 Å². The fraction of sp³-hybridized carbons (Fsp3) is 0.167. The number of Topliss-reactive ketones (excluding diaryl/α,β-unsaturated/α-hetero) is 1. The molecule has 0 spiro atoms. The Hall–Kier alpha value is -3.45. The zero-order valence-corrected chi connectivity index (χ0v) is 17.8. The summed E-state index contributed by atoms with van der Waals surface area (Å²) in [6.45, 7) is 2.22. The van der Waals surface area contributed by atoms with Gasteiger partial charge in [0.05, 0.1) is 0 Å². The maximum Gasteiger partial charge on any atom is 0.185 e. The number of benzene rings is 4. The Morgan fingerprint density at radius 3 is 1.58 bits per heavy atom. The van der Waals surface area contributed by atoms with Gasteiger partial charge in [-0.25, -0.2) is 0 Å². The maximum absolute atomic E-state index is 13.4. The molecule has 0 amide bonds. The first kappa shape index (κ1) is 19.5. The molecule has 4 aromatic carbocycles. The first-order chi connectivity index (χ1) is 15.2. The molecule has 1 fully saturated rings. The summed E-state index contributed by atoms with van der Waals surface area (Å²) >= 11 is 0. The van der Waals surface area contributed by atoms with Crippen LogP contribution in [-0.4, -0.2) is 5.78 Å². The van der Waals surface area contributed by atoms with Crippen LogP contribution < -0.4 is 0 Å². The lowest BCUT2D eigenvalue weighted by Crippen LogP contribution is -2.19. The lowest BCUT2D eigenvalue weighted by molar-refractivity contribution is -0.113. The van der Waals surface area contributed by atoms with Gasteiger partial charge in [-0.15, -0.1) is 0 Å². The molecule has 1 nitrogen and oxygen atoms in total. The Morgan fingerprint density at radius 1 is 0.677 bits per heavy atom. The highest BCUT2D eigenvalue weighted by Gasteiger charge is 2.26. The van der Waals surface area contributed by atoms with Crippen LogP contribution in [0.3, 0.4) is 0 Å². The number of rotatable bonds is 3. The summed E-state index contributed by atoms with van der Waals surface area (Å²) in [4.78, 5) is 13.4. The summed E-state index contributed by atoms with van der Waals surface area (Å²) in [5.41, 5.74) is 4.06. The molecule has 0 saturated heterocycles. The third-order valence-corrected chi connectivity index (χ3v) is 6.41. The monoisotopic (exact) mass is 402 g/mol. The molecule has 31 heavy (non-hydrogen) atoms. The summed E-state index contributed by atoms with van der Waals surface area (Å²) in [5.74, 6) is 0.710. The van der Waals surface area contributed by atoms with Crippen LogP contribution >= 0.6 is 0 Å². The van der Waals surface area contributed by atoms with Crippen molar-refractivity contribution in [3.8, 4) is 0 Å².